The van der Waals surface area contributed by atoms with E-state index in [0.29, 0.717) is 12.5 Å². The molecule has 0 aromatic heterocycles. The maximum atomic E-state index is 12.8. The molecule has 1 aliphatic rings. The lowest BCUT2D eigenvalue weighted by molar-refractivity contribution is -0.900. The molecule has 0 saturated carbocycles. The zero-order chi connectivity index (χ0) is 19.1. The Balaban J connectivity index is 1.47. The highest BCUT2D eigenvalue weighted by molar-refractivity contribution is 5.78. The summed E-state index contributed by atoms with van der Waals surface area (Å²) in [5.41, 5.74) is 3.86. The number of benzene rings is 2. The Morgan fingerprint density at radius 3 is 2.26 bits per heavy atom. The number of nitrogens with one attached hydrogen (secondary N) is 1. The van der Waals surface area contributed by atoms with Gasteiger partial charge in [-0.05, 0) is 23.6 Å². The van der Waals surface area contributed by atoms with Crippen molar-refractivity contribution in [3.63, 3.8) is 0 Å². The third-order valence-electron chi connectivity index (χ3n) is 5.42. The maximum Gasteiger partial charge on any atom is 0.226 e. The Morgan fingerprint density at radius 1 is 1.04 bits per heavy atom. The normalized spacial score (nSPS) is 20.3. The van der Waals surface area contributed by atoms with E-state index in [1.807, 2.05) is 30.1 Å². The molecule has 0 spiro atoms. The van der Waals surface area contributed by atoms with Crippen molar-refractivity contribution in [2.24, 2.45) is 5.92 Å². The Morgan fingerprint density at radius 2 is 1.63 bits per heavy atom. The number of carbonyl (C=O) groups is 1. The molecule has 1 amide bonds. The lowest BCUT2D eigenvalue weighted by atomic mass is 9.95. The molecule has 2 aromatic rings. The van der Waals surface area contributed by atoms with Crippen LogP contribution in [0.4, 0.5) is 0 Å². The molecule has 0 unspecified atom stereocenters. The lowest BCUT2D eigenvalue weighted by Crippen LogP contribution is -3.13. The topological polar surface area (TPSA) is 24.8 Å². The van der Waals surface area contributed by atoms with Crippen LogP contribution in [0.5, 0.6) is 0 Å². The summed E-state index contributed by atoms with van der Waals surface area (Å²) in [7, 11) is 1.93. The molecular formula is C24H31N2O+. The third-order valence-corrected chi connectivity index (χ3v) is 5.42. The monoisotopic (exact) mass is 363 g/mol. The Labute approximate surface area is 163 Å². The molecule has 3 rings (SSSR count). The molecule has 3 heteroatoms. The molecule has 1 aliphatic heterocycles. The highest BCUT2D eigenvalue weighted by atomic mass is 16.2. The molecular weight excluding hydrogens is 332 g/mol. The first-order valence-corrected chi connectivity index (χ1v) is 9.96. The predicted octanol–water partition coefficient (Wildman–Crippen LogP) is 3.04. The van der Waals surface area contributed by atoms with Crippen LogP contribution in [0.2, 0.25) is 0 Å². The van der Waals surface area contributed by atoms with Crippen molar-refractivity contribution >= 4 is 12.0 Å². The number of hydrogen-bond donors (Lipinski definition) is 1. The van der Waals surface area contributed by atoms with Crippen LogP contribution in [-0.4, -0.2) is 37.5 Å². The smallest absolute Gasteiger partial charge is 0.226 e. The average Bonchev–Trinajstić information content (AvgIpc) is 2.69. The van der Waals surface area contributed by atoms with E-state index in [9.17, 15) is 4.79 Å². The van der Waals surface area contributed by atoms with E-state index in [2.05, 4.69) is 55.5 Å². The second-order valence-corrected chi connectivity index (χ2v) is 7.78. The van der Waals surface area contributed by atoms with Gasteiger partial charge >= 0.3 is 0 Å². The Kier molecular flexibility index (Phi) is 6.83. The van der Waals surface area contributed by atoms with Gasteiger partial charge in [-0.3, -0.25) is 4.79 Å². The minimum Gasteiger partial charge on any atom is -0.341 e. The van der Waals surface area contributed by atoms with E-state index in [1.165, 1.54) is 16.7 Å². The molecule has 0 radical (unpaired) electrons. The summed E-state index contributed by atoms with van der Waals surface area (Å²) in [6.45, 7) is 6.14. The number of piperidine rings is 1. The van der Waals surface area contributed by atoms with Crippen molar-refractivity contribution in [1.29, 1.82) is 0 Å². The summed E-state index contributed by atoms with van der Waals surface area (Å²) < 4.78 is 0. The molecule has 27 heavy (non-hydrogen) atoms. The average molecular weight is 364 g/mol. The Bertz CT molecular complexity index is 746. The van der Waals surface area contributed by atoms with Crippen molar-refractivity contribution in [1.82, 2.24) is 4.90 Å². The first kappa shape index (κ1) is 19.4. The summed E-state index contributed by atoms with van der Waals surface area (Å²) in [5, 5.41) is 0. The first-order valence-electron chi connectivity index (χ1n) is 9.96. The molecule has 1 heterocycles. The largest absolute Gasteiger partial charge is 0.341 e. The number of carbonyl (C=O) groups excluding carboxylic acids is 1. The number of rotatable bonds is 6. The van der Waals surface area contributed by atoms with Crippen LogP contribution in [0.15, 0.2) is 66.2 Å². The van der Waals surface area contributed by atoms with Crippen molar-refractivity contribution in [2.45, 2.75) is 26.3 Å². The fourth-order valence-corrected chi connectivity index (χ4v) is 3.98. The molecule has 0 atom stereocenters. The molecule has 0 aliphatic carbocycles. The predicted molar refractivity (Wildman–Crippen MR) is 111 cm³/mol. The van der Waals surface area contributed by atoms with Crippen LogP contribution in [-0.2, 0) is 11.3 Å². The number of amides is 1. The van der Waals surface area contributed by atoms with E-state index in [-0.39, 0.29) is 5.92 Å². The maximum absolute atomic E-state index is 12.8. The third kappa shape index (κ3) is 5.80. The zero-order valence-electron chi connectivity index (χ0n) is 16.5. The summed E-state index contributed by atoms with van der Waals surface area (Å²) in [5.74, 6) is 0.482. The number of quaternary nitrogens is 1. The van der Waals surface area contributed by atoms with Crippen LogP contribution in [0, 0.1) is 5.92 Å². The number of nitrogens with zero attached hydrogens (tertiary/aromatic N) is 1. The molecule has 3 nitrogen and oxygen atoms in total. The lowest BCUT2D eigenvalue weighted by Gasteiger charge is -2.31. The fourth-order valence-electron chi connectivity index (χ4n) is 3.98. The molecule has 2 aromatic carbocycles. The summed E-state index contributed by atoms with van der Waals surface area (Å²) in [4.78, 5) is 16.3. The van der Waals surface area contributed by atoms with Gasteiger partial charge in [0.25, 0.3) is 0 Å². The molecule has 0 bridgehead atoms. The van der Waals surface area contributed by atoms with Crippen LogP contribution >= 0.6 is 0 Å². The van der Waals surface area contributed by atoms with Crippen molar-refractivity contribution in [3.05, 3.63) is 77.4 Å². The standard InChI is InChI=1S/C24H30N2O/c1-20(17-21-9-5-3-6-10-21)18-26-15-13-23(14-16-26)24(27)25(2)19-22-11-7-4-8-12-22/h3-12,17,23H,13-16,18-19H2,1-2H3/p+1/b20-17+. The van der Waals surface area contributed by atoms with Gasteiger partial charge in [0.1, 0.15) is 0 Å². The van der Waals surface area contributed by atoms with Crippen molar-refractivity contribution in [2.75, 3.05) is 26.7 Å². The minimum atomic E-state index is 0.181. The summed E-state index contributed by atoms with van der Waals surface area (Å²) in [6.07, 6.45) is 4.26. The van der Waals surface area contributed by atoms with Gasteiger partial charge in [0.05, 0.1) is 19.6 Å². The van der Waals surface area contributed by atoms with Crippen LogP contribution in [0.1, 0.15) is 30.9 Å². The molecule has 1 saturated heterocycles. The van der Waals surface area contributed by atoms with Gasteiger partial charge in [-0.25, -0.2) is 0 Å². The second-order valence-electron chi connectivity index (χ2n) is 7.78. The van der Waals surface area contributed by atoms with E-state index >= 15 is 0 Å². The highest BCUT2D eigenvalue weighted by Crippen LogP contribution is 2.15. The van der Waals surface area contributed by atoms with Gasteiger partial charge in [-0.15, -0.1) is 0 Å². The quantitative estimate of drug-likeness (QED) is 0.838. The minimum absolute atomic E-state index is 0.181. The second kappa shape index (κ2) is 9.52. The van der Waals surface area contributed by atoms with Gasteiger partial charge in [0.15, 0.2) is 0 Å². The number of likely N-dealkylation sites (tertiary alicyclic amines) is 1. The highest BCUT2D eigenvalue weighted by Gasteiger charge is 2.29. The van der Waals surface area contributed by atoms with Crippen LogP contribution in [0.3, 0.4) is 0 Å². The van der Waals surface area contributed by atoms with Gasteiger partial charge in [-0.1, -0.05) is 66.7 Å². The first-order chi connectivity index (χ1) is 13.1. The van der Waals surface area contributed by atoms with E-state index in [0.717, 1.165) is 32.5 Å². The van der Waals surface area contributed by atoms with Gasteiger partial charge in [-0.2, -0.15) is 0 Å². The van der Waals surface area contributed by atoms with Crippen molar-refractivity contribution in [3.8, 4) is 0 Å². The van der Waals surface area contributed by atoms with Crippen molar-refractivity contribution < 1.29 is 9.69 Å². The van der Waals surface area contributed by atoms with Gasteiger partial charge in [0.2, 0.25) is 5.91 Å². The van der Waals surface area contributed by atoms with Gasteiger partial charge < -0.3 is 9.80 Å². The van der Waals surface area contributed by atoms with Gasteiger partial charge in [0, 0.05) is 32.4 Å². The molecule has 1 fully saturated rings. The summed E-state index contributed by atoms with van der Waals surface area (Å²) in [6, 6.07) is 20.7. The van der Waals surface area contributed by atoms with Crippen LogP contribution in [0.25, 0.3) is 6.08 Å². The SMILES string of the molecule is C/C(=C\c1ccccc1)C[NH+]1CCC(C(=O)N(C)Cc2ccccc2)CC1. The molecule has 1 N–H and O–H groups in total. The van der Waals surface area contributed by atoms with E-state index < -0.39 is 0 Å². The zero-order valence-corrected chi connectivity index (χ0v) is 16.5. The summed E-state index contributed by atoms with van der Waals surface area (Å²) >= 11 is 0. The van der Waals surface area contributed by atoms with Crippen LogP contribution < -0.4 is 4.90 Å². The van der Waals surface area contributed by atoms with E-state index in [1.54, 1.807) is 4.90 Å². The molecule has 142 valence electrons. The van der Waals surface area contributed by atoms with E-state index in [4.69, 9.17) is 0 Å². The number of hydrogen-bond acceptors (Lipinski definition) is 1. The Hall–Kier alpha value is -2.39. The fraction of sp³-hybridized carbons (Fsp3) is 0.375.